The van der Waals surface area contributed by atoms with E-state index in [4.69, 9.17) is 0 Å². The zero-order valence-corrected chi connectivity index (χ0v) is 11.6. The number of halogens is 1. The molecule has 1 N–H and O–H groups in total. The fourth-order valence-corrected chi connectivity index (χ4v) is 1.65. The van der Waals surface area contributed by atoms with Gasteiger partial charge in [-0.15, -0.1) is 0 Å². The molecule has 0 unspecified atom stereocenters. The second-order valence-electron chi connectivity index (χ2n) is 3.40. The molecule has 0 heterocycles. The summed E-state index contributed by atoms with van der Waals surface area (Å²) >= 11 is 3.33. The maximum absolute atomic E-state index is 11.3. The van der Waals surface area contributed by atoms with Crippen molar-refractivity contribution in [3.05, 3.63) is 33.8 Å². The van der Waals surface area contributed by atoms with Crippen LogP contribution in [0.4, 0.5) is 0 Å². The van der Waals surface area contributed by atoms with Gasteiger partial charge in [-0.1, -0.05) is 11.8 Å². The zero-order valence-electron chi connectivity index (χ0n) is 10.0. The number of rotatable bonds is 2. The molecule has 0 fully saturated rings. The van der Waals surface area contributed by atoms with Crippen LogP contribution in [0, 0.1) is 11.8 Å². The van der Waals surface area contributed by atoms with Gasteiger partial charge in [-0.05, 0) is 34.1 Å². The number of methoxy groups -OCH3 is 1. The van der Waals surface area contributed by atoms with E-state index in [1.807, 2.05) is 0 Å². The van der Waals surface area contributed by atoms with Crippen LogP contribution < -0.4 is 5.32 Å². The van der Waals surface area contributed by atoms with Gasteiger partial charge in [0.1, 0.15) is 0 Å². The molecule has 5 heteroatoms. The molecule has 1 aromatic rings. The first-order valence-corrected chi connectivity index (χ1v) is 5.95. The van der Waals surface area contributed by atoms with Crippen molar-refractivity contribution < 1.29 is 14.3 Å². The summed E-state index contributed by atoms with van der Waals surface area (Å²) in [5.74, 6) is 5.18. The van der Waals surface area contributed by atoms with Crippen LogP contribution in [0.3, 0.4) is 0 Å². The minimum atomic E-state index is -0.395. The Balaban J connectivity index is 2.79. The van der Waals surface area contributed by atoms with Crippen molar-refractivity contribution >= 4 is 27.8 Å². The van der Waals surface area contributed by atoms with Gasteiger partial charge in [0.25, 0.3) is 0 Å². The number of carbonyl (C=O) groups excluding carboxylic acids is 2. The van der Waals surface area contributed by atoms with Gasteiger partial charge < -0.3 is 10.1 Å². The molecule has 0 bridgehead atoms. The van der Waals surface area contributed by atoms with Crippen molar-refractivity contribution in [1.29, 1.82) is 0 Å². The highest BCUT2D eigenvalue weighted by atomic mass is 79.9. The number of ether oxygens (including phenoxy) is 1. The van der Waals surface area contributed by atoms with Crippen LogP contribution in [0.15, 0.2) is 22.7 Å². The summed E-state index contributed by atoms with van der Waals surface area (Å²) in [5.41, 5.74) is 1.20. The Kier molecular flexibility index (Phi) is 5.40. The summed E-state index contributed by atoms with van der Waals surface area (Å²) in [4.78, 5) is 21.9. The van der Waals surface area contributed by atoms with Gasteiger partial charge in [-0.2, -0.15) is 0 Å². The Bertz CT molecular complexity index is 529. The Hall–Kier alpha value is -1.80. The largest absolute Gasteiger partial charge is 0.465 e. The predicted molar refractivity (Wildman–Crippen MR) is 71.0 cm³/mol. The number of benzene rings is 1. The molecule has 0 radical (unpaired) electrons. The topological polar surface area (TPSA) is 55.4 Å². The van der Waals surface area contributed by atoms with E-state index >= 15 is 0 Å². The molecule has 18 heavy (non-hydrogen) atoms. The third-order valence-corrected chi connectivity index (χ3v) is 2.70. The number of nitrogens with one attached hydrogen (secondary N) is 1. The van der Waals surface area contributed by atoms with Crippen molar-refractivity contribution in [3.63, 3.8) is 0 Å². The Morgan fingerprint density at radius 1 is 1.44 bits per heavy atom. The lowest BCUT2D eigenvalue weighted by Crippen LogP contribution is -2.19. The minimum absolute atomic E-state index is 0.121. The van der Waals surface area contributed by atoms with E-state index < -0.39 is 5.97 Å². The smallest absolute Gasteiger partial charge is 0.337 e. The lowest BCUT2D eigenvalue weighted by atomic mass is 10.1. The monoisotopic (exact) mass is 309 g/mol. The molecule has 0 aliphatic carbocycles. The second-order valence-corrected chi connectivity index (χ2v) is 4.25. The van der Waals surface area contributed by atoms with Gasteiger partial charge in [0.15, 0.2) is 0 Å². The fraction of sp³-hybridized carbons (Fsp3) is 0.231. The van der Waals surface area contributed by atoms with E-state index in [1.165, 1.54) is 14.0 Å². The lowest BCUT2D eigenvalue weighted by Gasteiger charge is -2.01. The van der Waals surface area contributed by atoms with Gasteiger partial charge in [0.2, 0.25) is 5.91 Å². The van der Waals surface area contributed by atoms with Crippen LogP contribution in [0.25, 0.3) is 0 Å². The molecule has 1 aromatic carbocycles. The van der Waals surface area contributed by atoms with E-state index in [1.54, 1.807) is 18.2 Å². The van der Waals surface area contributed by atoms with Crippen LogP contribution >= 0.6 is 15.9 Å². The highest BCUT2D eigenvalue weighted by Gasteiger charge is 2.06. The molecule has 0 aliphatic heterocycles. The molecular formula is C13H12BrNO3. The first-order chi connectivity index (χ1) is 8.54. The average Bonchev–Trinajstić information content (AvgIpc) is 2.34. The van der Waals surface area contributed by atoms with Crippen LogP contribution in [0.1, 0.15) is 22.8 Å². The SMILES string of the molecule is COC(=O)c1ccc(C#CCNC(C)=O)c(Br)c1. The number of carbonyl (C=O) groups is 2. The first-order valence-electron chi connectivity index (χ1n) is 5.15. The van der Waals surface area contributed by atoms with E-state index in [-0.39, 0.29) is 5.91 Å². The number of hydrogen-bond donors (Lipinski definition) is 1. The highest BCUT2D eigenvalue weighted by Crippen LogP contribution is 2.18. The standard InChI is InChI=1S/C13H12BrNO3/c1-9(16)15-7-3-4-10-5-6-11(8-12(10)14)13(17)18-2/h5-6,8H,7H2,1-2H3,(H,15,16). The molecule has 1 amide bonds. The lowest BCUT2D eigenvalue weighted by molar-refractivity contribution is -0.118. The quantitative estimate of drug-likeness (QED) is 0.668. The number of esters is 1. The highest BCUT2D eigenvalue weighted by molar-refractivity contribution is 9.10. The molecule has 0 aromatic heterocycles. The van der Waals surface area contributed by atoms with Crippen molar-refractivity contribution in [2.24, 2.45) is 0 Å². The van der Waals surface area contributed by atoms with Crippen LogP contribution in [-0.2, 0) is 9.53 Å². The summed E-state index contributed by atoms with van der Waals surface area (Å²) in [7, 11) is 1.33. The fourth-order valence-electron chi connectivity index (χ4n) is 1.17. The summed E-state index contributed by atoms with van der Waals surface area (Å²) < 4.78 is 5.32. The minimum Gasteiger partial charge on any atom is -0.465 e. The van der Waals surface area contributed by atoms with Crippen molar-refractivity contribution in [1.82, 2.24) is 5.32 Å². The van der Waals surface area contributed by atoms with Gasteiger partial charge in [0.05, 0.1) is 19.2 Å². The second kappa shape index (κ2) is 6.82. The zero-order chi connectivity index (χ0) is 13.5. The Morgan fingerprint density at radius 3 is 2.72 bits per heavy atom. The first kappa shape index (κ1) is 14.3. The Morgan fingerprint density at radius 2 is 2.17 bits per heavy atom. The maximum Gasteiger partial charge on any atom is 0.337 e. The van der Waals surface area contributed by atoms with E-state index in [9.17, 15) is 9.59 Å². The van der Waals surface area contributed by atoms with Crippen molar-refractivity contribution in [3.8, 4) is 11.8 Å². The van der Waals surface area contributed by atoms with E-state index in [0.29, 0.717) is 16.6 Å². The molecule has 94 valence electrons. The Labute approximate surface area is 114 Å². The predicted octanol–water partition coefficient (Wildman–Crippen LogP) is 1.72. The van der Waals surface area contributed by atoms with Crippen LogP contribution in [0.5, 0.6) is 0 Å². The van der Waals surface area contributed by atoms with Crippen molar-refractivity contribution in [2.75, 3.05) is 13.7 Å². The molecule has 1 rings (SSSR count). The van der Waals surface area contributed by atoms with E-state index in [2.05, 4.69) is 37.8 Å². The molecule has 0 spiro atoms. The van der Waals surface area contributed by atoms with Gasteiger partial charge in [-0.25, -0.2) is 4.79 Å². The molecule has 0 atom stereocenters. The van der Waals surface area contributed by atoms with E-state index in [0.717, 1.165) is 5.56 Å². The summed E-state index contributed by atoms with van der Waals surface area (Å²) in [5, 5.41) is 2.57. The molecular weight excluding hydrogens is 298 g/mol. The van der Waals surface area contributed by atoms with Gasteiger partial charge in [-0.3, -0.25) is 4.79 Å². The molecule has 4 nitrogen and oxygen atoms in total. The summed E-state index contributed by atoms with van der Waals surface area (Å²) in [6, 6.07) is 5.00. The average molecular weight is 310 g/mol. The summed E-state index contributed by atoms with van der Waals surface area (Å²) in [6.45, 7) is 1.73. The number of hydrogen-bond acceptors (Lipinski definition) is 3. The third kappa shape index (κ3) is 4.22. The number of amides is 1. The third-order valence-electron chi connectivity index (χ3n) is 2.04. The van der Waals surface area contributed by atoms with Crippen LogP contribution in [-0.4, -0.2) is 25.5 Å². The molecule has 0 saturated carbocycles. The van der Waals surface area contributed by atoms with Gasteiger partial charge in [0, 0.05) is 17.0 Å². The van der Waals surface area contributed by atoms with Crippen molar-refractivity contribution in [2.45, 2.75) is 6.92 Å². The van der Waals surface area contributed by atoms with Gasteiger partial charge >= 0.3 is 5.97 Å². The molecule has 0 saturated heterocycles. The maximum atomic E-state index is 11.3. The summed E-state index contributed by atoms with van der Waals surface area (Å²) in [6.07, 6.45) is 0. The molecule has 0 aliphatic rings. The normalized spacial score (nSPS) is 9.06. The van der Waals surface area contributed by atoms with Crippen LogP contribution in [0.2, 0.25) is 0 Å².